The van der Waals surface area contributed by atoms with Gasteiger partial charge in [0.25, 0.3) is 5.92 Å². The molecule has 0 saturated heterocycles. The first kappa shape index (κ1) is 19.3. The van der Waals surface area contributed by atoms with Crippen molar-refractivity contribution in [2.45, 2.75) is 83.5 Å². The second-order valence-corrected chi connectivity index (χ2v) is 9.22. The summed E-state index contributed by atoms with van der Waals surface area (Å²) in [6, 6.07) is 1.43. The summed E-state index contributed by atoms with van der Waals surface area (Å²) in [5.41, 5.74) is -0.223. The molecule has 0 nitrogen and oxygen atoms in total. The van der Waals surface area contributed by atoms with Gasteiger partial charge in [-0.3, -0.25) is 0 Å². The zero-order valence-corrected chi connectivity index (χ0v) is 16.2. The van der Waals surface area contributed by atoms with Gasteiger partial charge in [-0.25, -0.2) is 17.6 Å². The Kier molecular flexibility index (Phi) is 5.28. The van der Waals surface area contributed by atoms with Crippen LogP contribution < -0.4 is 0 Å². The zero-order chi connectivity index (χ0) is 19.2. The molecule has 3 unspecified atom stereocenters. The maximum absolute atomic E-state index is 15.1. The lowest BCUT2D eigenvalue weighted by molar-refractivity contribution is -0.0794. The summed E-state index contributed by atoms with van der Waals surface area (Å²) in [4.78, 5) is 0. The Bertz CT molecular complexity index is 690. The molecule has 4 heteroatoms. The summed E-state index contributed by atoms with van der Waals surface area (Å²) in [7, 11) is 0. The van der Waals surface area contributed by atoms with E-state index in [0.717, 1.165) is 38.0 Å². The summed E-state index contributed by atoms with van der Waals surface area (Å²) in [5, 5.41) is 0. The predicted octanol–water partition coefficient (Wildman–Crippen LogP) is 7.31. The molecule has 0 aromatic heterocycles. The molecule has 4 rings (SSSR count). The molecular formula is C23H30F4. The Morgan fingerprint density at radius 1 is 0.778 bits per heavy atom. The molecule has 2 fully saturated rings. The van der Waals surface area contributed by atoms with Gasteiger partial charge in [-0.1, -0.05) is 51.0 Å². The van der Waals surface area contributed by atoms with Gasteiger partial charge in [0, 0.05) is 5.92 Å². The molecule has 0 N–H and O–H groups in total. The van der Waals surface area contributed by atoms with Gasteiger partial charge in [-0.05, 0) is 61.5 Å². The van der Waals surface area contributed by atoms with Crippen molar-refractivity contribution in [1.82, 2.24) is 0 Å². The Labute approximate surface area is 159 Å². The molecule has 0 radical (unpaired) electrons. The van der Waals surface area contributed by atoms with Crippen molar-refractivity contribution >= 4 is 0 Å². The number of alkyl halides is 2. The molecule has 0 heterocycles. The van der Waals surface area contributed by atoms with Gasteiger partial charge in [0.1, 0.15) is 0 Å². The summed E-state index contributed by atoms with van der Waals surface area (Å²) in [6.07, 6.45) is 11.5. The first-order valence-electron chi connectivity index (χ1n) is 10.7. The van der Waals surface area contributed by atoms with Gasteiger partial charge in [0.2, 0.25) is 0 Å². The lowest BCUT2D eigenvalue weighted by atomic mass is 9.76. The number of benzene rings is 1. The van der Waals surface area contributed by atoms with Crippen LogP contribution in [0.2, 0.25) is 0 Å². The summed E-state index contributed by atoms with van der Waals surface area (Å²) < 4.78 is 58.5. The standard InChI is InChI=1S/C23H30F4/c1-14-12-18-13-19(23(26,27)20(18)22(25)21(14)24)17-9-5-8-16(10-11-17)15-6-3-2-4-7-15/h12,15-17,19H,2-11,13H2,1H3. The lowest BCUT2D eigenvalue weighted by Gasteiger charge is -2.30. The Morgan fingerprint density at radius 2 is 1.37 bits per heavy atom. The van der Waals surface area contributed by atoms with E-state index in [-0.39, 0.29) is 17.9 Å². The fourth-order valence-electron chi connectivity index (χ4n) is 6.19. The Morgan fingerprint density at radius 3 is 2.11 bits per heavy atom. The molecule has 0 amide bonds. The Balaban J connectivity index is 1.51. The average molecular weight is 382 g/mol. The average Bonchev–Trinajstić information content (AvgIpc) is 2.80. The maximum atomic E-state index is 15.1. The van der Waals surface area contributed by atoms with Gasteiger partial charge in [0.05, 0.1) is 5.56 Å². The molecule has 0 bridgehead atoms. The summed E-state index contributed by atoms with van der Waals surface area (Å²) in [5.74, 6) is -5.24. The van der Waals surface area contributed by atoms with Crippen LogP contribution in [0.1, 0.15) is 80.9 Å². The highest BCUT2D eigenvalue weighted by Crippen LogP contribution is 2.54. The van der Waals surface area contributed by atoms with E-state index in [9.17, 15) is 8.78 Å². The topological polar surface area (TPSA) is 0 Å². The van der Waals surface area contributed by atoms with Gasteiger partial charge >= 0.3 is 0 Å². The lowest BCUT2D eigenvalue weighted by Crippen LogP contribution is -2.29. The third kappa shape index (κ3) is 3.42. The van der Waals surface area contributed by atoms with E-state index in [4.69, 9.17) is 0 Å². The monoisotopic (exact) mass is 382 g/mol. The molecule has 1 aromatic carbocycles. The molecule has 3 atom stereocenters. The summed E-state index contributed by atoms with van der Waals surface area (Å²) in [6.45, 7) is 1.45. The molecule has 1 aromatic rings. The van der Waals surface area contributed by atoms with Crippen molar-refractivity contribution in [3.63, 3.8) is 0 Å². The van der Waals surface area contributed by atoms with Crippen LogP contribution in [0.5, 0.6) is 0 Å². The zero-order valence-electron chi connectivity index (χ0n) is 16.2. The molecule has 27 heavy (non-hydrogen) atoms. The number of fused-ring (bicyclic) bond motifs is 1. The second-order valence-electron chi connectivity index (χ2n) is 9.22. The van der Waals surface area contributed by atoms with Crippen LogP contribution in [0.4, 0.5) is 17.6 Å². The van der Waals surface area contributed by atoms with E-state index in [2.05, 4.69) is 0 Å². The third-order valence-corrected chi connectivity index (χ3v) is 7.65. The van der Waals surface area contributed by atoms with Crippen molar-refractivity contribution < 1.29 is 17.6 Å². The molecule has 150 valence electrons. The number of rotatable bonds is 2. The minimum absolute atomic E-state index is 0.0937. The number of hydrogen-bond acceptors (Lipinski definition) is 0. The third-order valence-electron chi connectivity index (χ3n) is 7.65. The van der Waals surface area contributed by atoms with Crippen LogP contribution in [-0.4, -0.2) is 0 Å². The molecule has 2 saturated carbocycles. The van der Waals surface area contributed by atoms with E-state index in [0.29, 0.717) is 11.5 Å². The van der Waals surface area contributed by atoms with E-state index in [1.807, 2.05) is 0 Å². The van der Waals surface area contributed by atoms with Gasteiger partial charge in [0.15, 0.2) is 11.6 Å². The smallest absolute Gasteiger partial charge is 0.203 e. The minimum Gasteiger partial charge on any atom is -0.203 e. The van der Waals surface area contributed by atoms with E-state index < -0.39 is 29.0 Å². The number of aryl methyl sites for hydroxylation is 1. The first-order valence-corrected chi connectivity index (χ1v) is 10.7. The predicted molar refractivity (Wildman–Crippen MR) is 98.8 cm³/mol. The second kappa shape index (κ2) is 7.40. The van der Waals surface area contributed by atoms with Crippen molar-refractivity contribution in [2.75, 3.05) is 0 Å². The van der Waals surface area contributed by atoms with Crippen LogP contribution in [-0.2, 0) is 12.3 Å². The number of halogens is 4. The van der Waals surface area contributed by atoms with Gasteiger partial charge in [-0.15, -0.1) is 0 Å². The van der Waals surface area contributed by atoms with Crippen LogP contribution in [0.15, 0.2) is 6.07 Å². The van der Waals surface area contributed by atoms with Crippen LogP contribution in [0, 0.1) is 42.2 Å². The van der Waals surface area contributed by atoms with Crippen LogP contribution in [0.25, 0.3) is 0 Å². The normalized spacial score (nSPS) is 31.5. The van der Waals surface area contributed by atoms with Crippen LogP contribution >= 0.6 is 0 Å². The molecule has 0 aliphatic heterocycles. The van der Waals surface area contributed by atoms with Gasteiger partial charge < -0.3 is 0 Å². The molecule has 0 spiro atoms. The first-order chi connectivity index (χ1) is 12.9. The fraction of sp³-hybridized carbons (Fsp3) is 0.739. The van der Waals surface area contributed by atoms with Gasteiger partial charge in [-0.2, -0.15) is 0 Å². The fourth-order valence-corrected chi connectivity index (χ4v) is 6.19. The van der Waals surface area contributed by atoms with Crippen LogP contribution in [0.3, 0.4) is 0 Å². The minimum atomic E-state index is -3.26. The van der Waals surface area contributed by atoms with E-state index in [1.165, 1.54) is 45.1 Å². The van der Waals surface area contributed by atoms with Crippen molar-refractivity contribution in [1.29, 1.82) is 0 Å². The Hall–Kier alpha value is -1.06. The number of hydrogen-bond donors (Lipinski definition) is 0. The summed E-state index contributed by atoms with van der Waals surface area (Å²) >= 11 is 0. The maximum Gasteiger partial charge on any atom is 0.279 e. The molecule has 3 aliphatic carbocycles. The van der Waals surface area contributed by atoms with E-state index >= 15 is 8.78 Å². The SMILES string of the molecule is Cc1cc2c(c(F)c1F)C(F)(F)C(C1CCCC(C3CCCCC3)CC1)C2. The van der Waals surface area contributed by atoms with E-state index in [1.54, 1.807) is 0 Å². The largest absolute Gasteiger partial charge is 0.279 e. The highest BCUT2D eigenvalue weighted by molar-refractivity contribution is 5.42. The highest BCUT2D eigenvalue weighted by atomic mass is 19.3. The quantitative estimate of drug-likeness (QED) is 0.371. The molecule has 3 aliphatic rings. The van der Waals surface area contributed by atoms with Crippen molar-refractivity contribution in [3.05, 3.63) is 34.4 Å². The van der Waals surface area contributed by atoms with Crippen molar-refractivity contribution in [2.24, 2.45) is 23.7 Å². The van der Waals surface area contributed by atoms with Crippen molar-refractivity contribution in [3.8, 4) is 0 Å². The molecular weight excluding hydrogens is 352 g/mol. The highest BCUT2D eigenvalue weighted by Gasteiger charge is 2.54.